The van der Waals surface area contributed by atoms with Gasteiger partial charge in [0, 0.05) is 25.6 Å². The summed E-state index contributed by atoms with van der Waals surface area (Å²) in [4.78, 5) is 4.22. The first kappa shape index (κ1) is 15.6. The number of likely N-dealkylation sites (tertiary alicyclic amines) is 2. The van der Waals surface area contributed by atoms with Gasteiger partial charge < -0.3 is 10.2 Å². The molecule has 1 spiro atoms. The van der Waals surface area contributed by atoms with Crippen molar-refractivity contribution in [3.05, 3.63) is 0 Å². The van der Waals surface area contributed by atoms with Crippen molar-refractivity contribution in [2.75, 3.05) is 52.4 Å². The van der Waals surface area contributed by atoms with Gasteiger partial charge in [-0.1, -0.05) is 6.92 Å². The summed E-state index contributed by atoms with van der Waals surface area (Å²) in [6, 6.07) is 0. The molecule has 122 valence electrons. The van der Waals surface area contributed by atoms with Crippen LogP contribution in [0.2, 0.25) is 0 Å². The van der Waals surface area contributed by atoms with E-state index in [9.17, 15) is 8.78 Å². The Kier molecular flexibility index (Phi) is 4.53. The number of nitrogens with one attached hydrogen (secondary N) is 1. The molecule has 3 heterocycles. The van der Waals surface area contributed by atoms with Crippen molar-refractivity contribution in [1.29, 1.82) is 0 Å². The standard InChI is InChI=1S/C16H29F2N3/c1-2-6-21-7-3-14(16(17,18)13-21)10-20-8-4-15(5-9-20)11-19-12-15/h14,19H,2-13H2,1H3. The van der Waals surface area contributed by atoms with Gasteiger partial charge in [0.2, 0.25) is 0 Å². The summed E-state index contributed by atoms with van der Waals surface area (Å²) in [5.74, 6) is -2.96. The van der Waals surface area contributed by atoms with Gasteiger partial charge in [0.1, 0.15) is 0 Å². The zero-order chi connectivity index (χ0) is 14.9. The molecule has 1 N–H and O–H groups in total. The molecule has 0 saturated carbocycles. The zero-order valence-electron chi connectivity index (χ0n) is 13.2. The van der Waals surface area contributed by atoms with Crippen LogP contribution in [0.5, 0.6) is 0 Å². The fraction of sp³-hybridized carbons (Fsp3) is 1.00. The third kappa shape index (κ3) is 3.40. The van der Waals surface area contributed by atoms with Crippen LogP contribution in [-0.2, 0) is 0 Å². The van der Waals surface area contributed by atoms with Gasteiger partial charge in [-0.3, -0.25) is 4.90 Å². The van der Waals surface area contributed by atoms with Gasteiger partial charge >= 0.3 is 0 Å². The lowest BCUT2D eigenvalue weighted by Gasteiger charge is -2.49. The molecule has 0 aromatic heterocycles. The van der Waals surface area contributed by atoms with Crippen LogP contribution in [0.15, 0.2) is 0 Å². The molecule has 5 heteroatoms. The van der Waals surface area contributed by atoms with Crippen molar-refractivity contribution in [3.8, 4) is 0 Å². The van der Waals surface area contributed by atoms with Crippen LogP contribution in [0.3, 0.4) is 0 Å². The van der Waals surface area contributed by atoms with Gasteiger partial charge in [0.15, 0.2) is 0 Å². The minimum Gasteiger partial charge on any atom is -0.316 e. The molecule has 21 heavy (non-hydrogen) atoms. The number of piperidine rings is 2. The fourth-order valence-corrected chi connectivity index (χ4v) is 4.14. The summed E-state index contributed by atoms with van der Waals surface area (Å²) >= 11 is 0. The lowest BCUT2D eigenvalue weighted by molar-refractivity contribution is -0.121. The van der Waals surface area contributed by atoms with E-state index in [2.05, 4.69) is 17.1 Å². The Hall–Kier alpha value is -0.260. The molecule has 3 fully saturated rings. The quantitative estimate of drug-likeness (QED) is 0.857. The number of nitrogens with zero attached hydrogens (tertiary/aromatic N) is 2. The molecule has 0 radical (unpaired) electrons. The molecular formula is C16H29F2N3. The van der Waals surface area contributed by atoms with E-state index in [0.29, 0.717) is 18.4 Å². The third-order valence-corrected chi connectivity index (χ3v) is 5.76. The van der Waals surface area contributed by atoms with Crippen molar-refractivity contribution >= 4 is 0 Å². The van der Waals surface area contributed by atoms with Crippen LogP contribution in [0, 0.1) is 11.3 Å². The van der Waals surface area contributed by atoms with E-state index in [1.165, 1.54) is 12.8 Å². The monoisotopic (exact) mass is 301 g/mol. The second-order valence-corrected chi connectivity index (χ2v) is 7.43. The van der Waals surface area contributed by atoms with Crippen LogP contribution >= 0.6 is 0 Å². The molecule has 0 aliphatic carbocycles. The number of hydrogen-bond acceptors (Lipinski definition) is 3. The third-order valence-electron chi connectivity index (χ3n) is 5.76. The molecule has 3 saturated heterocycles. The first-order valence-corrected chi connectivity index (χ1v) is 8.56. The van der Waals surface area contributed by atoms with E-state index < -0.39 is 11.8 Å². The normalized spacial score (nSPS) is 33.0. The minimum atomic E-state index is -2.51. The van der Waals surface area contributed by atoms with E-state index >= 15 is 0 Å². The maximum Gasteiger partial charge on any atom is 0.264 e. The molecule has 3 aliphatic rings. The number of rotatable bonds is 4. The summed E-state index contributed by atoms with van der Waals surface area (Å²) in [5, 5.41) is 3.35. The van der Waals surface area contributed by atoms with Gasteiger partial charge in [0.05, 0.1) is 6.54 Å². The van der Waals surface area contributed by atoms with Crippen molar-refractivity contribution < 1.29 is 8.78 Å². The van der Waals surface area contributed by atoms with Crippen molar-refractivity contribution in [2.45, 2.75) is 38.5 Å². The van der Waals surface area contributed by atoms with Crippen molar-refractivity contribution in [2.24, 2.45) is 11.3 Å². The van der Waals surface area contributed by atoms with Crippen LogP contribution in [-0.4, -0.2) is 68.1 Å². The van der Waals surface area contributed by atoms with Crippen molar-refractivity contribution in [3.63, 3.8) is 0 Å². The molecule has 3 aliphatic heterocycles. The highest BCUT2D eigenvalue weighted by atomic mass is 19.3. The molecule has 0 aromatic carbocycles. The van der Waals surface area contributed by atoms with Gasteiger partial charge in [-0.2, -0.15) is 0 Å². The predicted molar refractivity (Wildman–Crippen MR) is 80.8 cm³/mol. The van der Waals surface area contributed by atoms with E-state index in [-0.39, 0.29) is 6.54 Å². The average Bonchev–Trinajstić information content (AvgIpc) is 2.41. The van der Waals surface area contributed by atoms with Crippen LogP contribution in [0.4, 0.5) is 8.78 Å². The number of hydrogen-bond donors (Lipinski definition) is 1. The summed E-state index contributed by atoms with van der Waals surface area (Å²) in [6.07, 6.45) is 3.97. The van der Waals surface area contributed by atoms with E-state index in [0.717, 1.165) is 45.7 Å². The topological polar surface area (TPSA) is 18.5 Å². The molecule has 0 aromatic rings. The van der Waals surface area contributed by atoms with Crippen LogP contribution in [0.25, 0.3) is 0 Å². The first-order valence-electron chi connectivity index (χ1n) is 8.56. The molecule has 0 bridgehead atoms. The highest BCUT2D eigenvalue weighted by molar-refractivity contribution is 4.97. The lowest BCUT2D eigenvalue weighted by Crippen LogP contribution is -2.59. The van der Waals surface area contributed by atoms with Crippen molar-refractivity contribution in [1.82, 2.24) is 15.1 Å². The maximum absolute atomic E-state index is 14.3. The Bertz CT molecular complexity index is 347. The van der Waals surface area contributed by atoms with E-state index in [1.54, 1.807) is 0 Å². The summed E-state index contributed by atoms with van der Waals surface area (Å²) in [7, 11) is 0. The summed E-state index contributed by atoms with van der Waals surface area (Å²) in [5.41, 5.74) is 0.503. The number of alkyl halides is 2. The lowest BCUT2D eigenvalue weighted by atomic mass is 9.73. The Balaban J connectivity index is 1.49. The molecule has 3 rings (SSSR count). The van der Waals surface area contributed by atoms with E-state index in [4.69, 9.17) is 0 Å². The number of halogens is 2. The van der Waals surface area contributed by atoms with Gasteiger partial charge in [-0.15, -0.1) is 0 Å². The molecule has 1 atom stereocenters. The summed E-state index contributed by atoms with van der Waals surface area (Å²) in [6.45, 7) is 8.54. The Morgan fingerprint density at radius 2 is 1.81 bits per heavy atom. The Labute approximate surface area is 127 Å². The fourth-order valence-electron chi connectivity index (χ4n) is 4.14. The summed E-state index contributed by atoms with van der Waals surface area (Å²) < 4.78 is 28.7. The minimum absolute atomic E-state index is 0.0345. The average molecular weight is 301 g/mol. The van der Waals surface area contributed by atoms with Gasteiger partial charge in [-0.25, -0.2) is 8.78 Å². The molecule has 1 unspecified atom stereocenters. The largest absolute Gasteiger partial charge is 0.316 e. The van der Waals surface area contributed by atoms with Gasteiger partial charge in [0.25, 0.3) is 5.92 Å². The smallest absolute Gasteiger partial charge is 0.264 e. The van der Waals surface area contributed by atoms with Crippen LogP contribution < -0.4 is 5.32 Å². The molecule has 3 nitrogen and oxygen atoms in total. The maximum atomic E-state index is 14.3. The molecular weight excluding hydrogens is 272 g/mol. The van der Waals surface area contributed by atoms with Crippen LogP contribution in [0.1, 0.15) is 32.6 Å². The van der Waals surface area contributed by atoms with Gasteiger partial charge in [-0.05, 0) is 57.3 Å². The predicted octanol–water partition coefficient (Wildman–Crippen LogP) is 2.04. The second kappa shape index (κ2) is 6.09. The van der Waals surface area contributed by atoms with E-state index in [1.807, 2.05) is 4.90 Å². The highest BCUT2D eigenvalue weighted by Crippen LogP contribution is 2.37. The second-order valence-electron chi connectivity index (χ2n) is 7.43. The Morgan fingerprint density at radius 1 is 1.10 bits per heavy atom. The SMILES string of the molecule is CCCN1CCC(CN2CCC3(CC2)CNC3)C(F)(F)C1. The first-order chi connectivity index (χ1) is 10.0. The zero-order valence-corrected chi connectivity index (χ0v) is 13.2. The highest BCUT2D eigenvalue weighted by Gasteiger charge is 2.46. The Morgan fingerprint density at radius 3 is 2.33 bits per heavy atom. The molecule has 0 amide bonds.